The Labute approximate surface area is 165 Å². The van der Waals surface area contributed by atoms with Crippen molar-refractivity contribution in [3.63, 3.8) is 0 Å². The van der Waals surface area contributed by atoms with Crippen LogP contribution in [0.5, 0.6) is 0 Å². The minimum atomic E-state index is -0.109. The fourth-order valence-electron chi connectivity index (χ4n) is 4.25. The molecule has 1 aromatic heterocycles. The van der Waals surface area contributed by atoms with Crippen molar-refractivity contribution < 1.29 is 9.59 Å². The van der Waals surface area contributed by atoms with Gasteiger partial charge >= 0.3 is 6.03 Å². The molecule has 0 bridgehead atoms. The summed E-state index contributed by atoms with van der Waals surface area (Å²) in [6.45, 7) is 8.16. The van der Waals surface area contributed by atoms with E-state index in [0.717, 1.165) is 32.7 Å². The van der Waals surface area contributed by atoms with E-state index in [1.54, 1.807) is 19.4 Å². The maximum Gasteiger partial charge on any atom is 0.344 e. The molecule has 148 valence electrons. The van der Waals surface area contributed by atoms with Crippen LogP contribution >= 0.6 is 0 Å². The van der Waals surface area contributed by atoms with E-state index in [1.807, 2.05) is 4.90 Å². The summed E-state index contributed by atoms with van der Waals surface area (Å²) >= 11 is 0. The van der Waals surface area contributed by atoms with Crippen molar-refractivity contribution in [2.24, 2.45) is 11.8 Å². The zero-order chi connectivity index (χ0) is 19.8. The zero-order valence-electron chi connectivity index (χ0n) is 16.7. The Morgan fingerprint density at radius 1 is 1.11 bits per heavy atom. The minimum absolute atomic E-state index is 0.0867. The molecule has 0 saturated carbocycles. The highest BCUT2D eigenvalue weighted by Crippen LogP contribution is 2.32. The summed E-state index contributed by atoms with van der Waals surface area (Å²) in [5.41, 5.74) is 3.26. The maximum atomic E-state index is 12.8. The molecule has 2 amide bonds. The quantitative estimate of drug-likeness (QED) is 0.818. The Morgan fingerprint density at radius 3 is 2.36 bits per heavy atom. The van der Waals surface area contributed by atoms with E-state index in [2.05, 4.69) is 41.2 Å². The van der Waals surface area contributed by atoms with Gasteiger partial charge < -0.3 is 9.80 Å². The van der Waals surface area contributed by atoms with Crippen molar-refractivity contribution >= 4 is 17.6 Å². The molecule has 2 aliphatic heterocycles. The number of nitrogens with zero attached hydrogens (tertiary/aromatic N) is 5. The highest BCUT2D eigenvalue weighted by atomic mass is 16.2. The van der Waals surface area contributed by atoms with Gasteiger partial charge in [-0.25, -0.2) is 4.79 Å². The highest BCUT2D eigenvalue weighted by Gasteiger charge is 2.41. The molecule has 7 nitrogen and oxygen atoms in total. The zero-order valence-corrected chi connectivity index (χ0v) is 16.7. The van der Waals surface area contributed by atoms with E-state index in [-0.39, 0.29) is 11.9 Å². The number of aromatic nitrogens is 2. The van der Waals surface area contributed by atoms with Gasteiger partial charge in [-0.1, -0.05) is 29.8 Å². The van der Waals surface area contributed by atoms with Crippen LogP contribution in [0.3, 0.4) is 0 Å². The lowest BCUT2D eigenvalue weighted by atomic mass is 10.0. The summed E-state index contributed by atoms with van der Waals surface area (Å²) < 4.78 is 1.35. The van der Waals surface area contributed by atoms with Crippen LogP contribution in [-0.2, 0) is 11.3 Å². The normalized spacial score (nSPS) is 21.8. The molecule has 0 radical (unpaired) electrons. The summed E-state index contributed by atoms with van der Waals surface area (Å²) in [5, 5.41) is 4.16. The van der Waals surface area contributed by atoms with Crippen molar-refractivity contribution in [2.75, 3.05) is 38.1 Å². The number of carbonyl (C=O) groups excluding carboxylic acids is 2. The molecule has 1 aromatic carbocycles. The SMILES string of the molecule is CC(=O)N(C)c1cnn(C(=O)N2CC3CN(Cc4ccc(C)cc4)CC3C2)c1. The van der Waals surface area contributed by atoms with Gasteiger partial charge in [0.15, 0.2) is 0 Å². The fraction of sp³-hybridized carbons (Fsp3) is 0.476. The molecule has 0 spiro atoms. The summed E-state index contributed by atoms with van der Waals surface area (Å²) in [5.74, 6) is 0.949. The predicted molar refractivity (Wildman–Crippen MR) is 107 cm³/mol. The van der Waals surface area contributed by atoms with Gasteiger partial charge in [-0.05, 0) is 24.3 Å². The molecule has 2 atom stereocenters. The summed E-state index contributed by atoms with van der Waals surface area (Å²) in [4.78, 5) is 30.1. The van der Waals surface area contributed by atoms with Crippen LogP contribution in [0.25, 0.3) is 0 Å². The number of fused-ring (bicyclic) bond motifs is 1. The van der Waals surface area contributed by atoms with Gasteiger partial charge in [0.2, 0.25) is 5.91 Å². The molecule has 7 heteroatoms. The molecule has 3 heterocycles. The first-order valence-electron chi connectivity index (χ1n) is 9.77. The van der Waals surface area contributed by atoms with Crippen molar-refractivity contribution in [1.82, 2.24) is 19.6 Å². The van der Waals surface area contributed by atoms with E-state index in [4.69, 9.17) is 0 Å². The Bertz CT molecular complexity index is 861. The highest BCUT2D eigenvalue weighted by molar-refractivity contribution is 5.91. The first kappa shape index (κ1) is 18.7. The number of likely N-dealkylation sites (tertiary alicyclic amines) is 2. The number of hydrogen-bond acceptors (Lipinski definition) is 4. The number of hydrogen-bond donors (Lipinski definition) is 0. The molecule has 0 aliphatic carbocycles. The third-order valence-electron chi connectivity index (χ3n) is 5.98. The lowest BCUT2D eigenvalue weighted by Gasteiger charge is -2.21. The van der Waals surface area contributed by atoms with E-state index in [0.29, 0.717) is 17.5 Å². The van der Waals surface area contributed by atoms with Crippen LogP contribution in [0.2, 0.25) is 0 Å². The van der Waals surface area contributed by atoms with Crippen molar-refractivity contribution in [1.29, 1.82) is 0 Å². The fourth-order valence-corrected chi connectivity index (χ4v) is 4.25. The summed E-state index contributed by atoms with van der Waals surface area (Å²) in [6.07, 6.45) is 3.18. The second-order valence-electron chi connectivity index (χ2n) is 8.11. The molecular formula is C21H27N5O2. The third kappa shape index (κ3) is 3.67. The number of anilines is 1. The molecule has 2 unspecified atom stereocenters. The van der Waals surface area contributed by atoms with Crippen LogP contribution in [0, 0.1) is 18.8 Å². The number of carbonyl (C=O) groups is 2. The number of rotatable bonds is 3. The Hall–Kier alpha value is -2.67. The first-order valence-corrected chi connectivity index (χ1v) is 9.77. The van der Waals surface area contributed by atoms with Gasteiger partial charge in [0.25, 0.3) is 0 Å². The number of aryl methyl sites for hydroxylation is 1. The van der Waals surface area contributed by atoms with Gasteiger partial charge in [0.05, 0.1) is 18.1 Å². The maximum absolute atomic E-state index is 12.8. The lowest BCUT2D eigenvalue weighted by molar-refractivity contribution is -0.116. The van der Waals surface area contributed by atoms with E-state index < -0.39 is 0 Å². The molecule has 2 aliphatic rings. The van der Waals surface area contributed by atoms with Gasteiger partial charge in [0.1, 0.15) is 0 Å². The van der Waals surface area contributed by atoms with Crippen LogP contribution in [0.15, 0.2) is 36.7 Å². The van der Waals surface area contributed by atoms with Crippen LogP contribution in [-0.4, -0.2) is 64.7 Å². The van der Waals surface area contributed by atoms with Crippen molar-refractivity contribution in [3.05, 3.63) is 47.8 Å². The van der Waals surface area contributed by atoms with Crippen molar-refractivity contribution in [3.8, 4) is 0 Å². The Kier molecular flexibility index (Phi) is 4.93. The molecule has 2 fully saturated rings. The summed E-state index contributed by atoms with van der Waals surface area (Å²) in [6, 6.07) is 8.62. The van der Waals surface area contributed by atoms with Crippen LogP contribution < -0.4 is 4.90 Å². The topological polar surface area (TPSA) is 61.7 Å². The standard InChI is InChI=1S/C21H27N5O2/c1-15-4-6-17(7-5-15)9-24-10-18-12-25(13-19(18)11-24)21(28)26-14-20(8-22-26)23(3)16(2)27/h4-8,14,18-19H,9-13H2,1-3H3. The van der Waals surface area contributed by atoms with Gasteiger partial charge in [-0.3, -0.25) is 9.69 Å². The molecular weight excluding hydrogens is 354 g/mol. The van der Waals surface area contributed by atoms with Gasteiger partial charge in [0, 0.05) is 46.7 Å². The first-order chi connectivity index (χ1) is 13.4. The number of benzene rings is 1. The largest absolute Gasteiger partial charge is 0.344 e. The Balaban J connectivity index is 1.34. The second-order valence-corrected chi connectivity index (χ2v) is 8.11. The minimum Gasteiger partial charge on any atom is -0.322 e. The summed E-state index contributed by atoms with van der Waals surface area (Å²) in [7, 11) is 1.68. The van der Waals surface area contributed by atoms with Crippen LogP contribution in [0.4, 0.5) is 10.5 Å². The van der Waals surface area contributed by atoms with E-state index in [9.17, 15) is 9.59 Å². The predicted octanol–water partition coefficient (Wildman–Crippen LogP) is 2.21. The van der Waals surface area contributed by atoms with E-state index in [1.165, 1.54) is 27.6 Å². The molecule has 2 aromatic rings. The smallest absolute Gasteiger partial charge is 0.322 e. The molecule has 0 N–H and O–H groups in total. The molecule has 2 saturated heterocycles. The lowest BCUT2D eigenvalue weighted by Crippen LogP contribution is -2.36. The van der Waals surface area contributed by atoms with E-state index >= 15 is 0 Å². The number of amides is 2. The molecule has 4 rings (SSSR count). The Morgan fingerprint density at radius 2 is 1.75 bits per heavy atom. The van der Waals surface area contributed by atoms with Gasteiger partial charge in [-0.15, -0.1) is 0 Å². The average Bonchev–Trinajstić information content (AvgIpc) is 3.37. The third-order valence-corrected chi connectivity index (χ3v) is 5.98. The van der Waals surface area contributed by atoms with Gasteiger partial charge in [-0.2, -0.15) is 9.78 Å². The molecule has 28 heavy (non-hydrogen) atoms. The second kappa shape index (κ2) is 7.39. The van der Waals surface area contributed by atoms with Crippen LogP contribution in [0.1, 0.15) is 18.1 Å². The monoisotopic (exact) mass is 381 g/mol. The average molecular weight is 381 g/mol. The van der Waals surface area contributed by atoms with Crippen molar-refractivity contribution in [2.45, 2.75) is 20.4 Å².